The number of halogens is 1. The summed E-state index contributed by atoms with van der Waals surface area (Å²) in [7, 11) is 5.63. The summed E-state index contributed by atoms with van der Waals surface area (Å²) < 4.78 is 27.4. The SMILES string of the molecule is COCC1(COC)CCC(c2c(CN(C)CCN)nn3c2CN(C(=O)C24CC(F)(C2)C4)CC3)CC1. The number of carbonyl (C=O) groups excluding carboxylic acids is 1. The number of nitrogens with zero attached hydrogens (tertiary/aromatic N) is 4. The van der Waals surface area contributed by atoms with E-state index in [2.05, 4.69) is 16.6 Å². The smallest absolute Gasteiger partial charge is 0.229 e. The topological polar surface area (TPSA) is 85.8 Å². The molecule has 35 heavy (non-hydrogen) atoms. The Morgan fingerprint density at radius 2 is 1.83 bits per heavy atom. The Hall–Kier alpha value is -1.55. The number of likely N-dealkylation sites (N-methyl/N-ethyl adjacent to an activating group) is 1. The van der Waals surface area contributed by atoms with Crippen LogP contribution < -0.4 is 5.73 Å². The molecule has 196 valence electrons. The zero-order chi connectivity index (χ0) is 24.8. The lowest BCUT2D eigenvalue weighted by Crippen LogP contribution is -2.70. The highest BCUT2D eigenvalue weighted by molar-refractivity contribution is 5.87. The van der Waals surface area contributed by atoms with Crippen molar-refractivity contribution in [2.45, 2.75) is 76.2 Å². The van der Waals surface area contributed by atoms with Gasteiger partial charge in [0.1, 0.15) is 5.67 Å². The number of carbonyl (C=O) groups is 1. The summed E-state index contributed by atoms with van der Waals surface area (Å²) in [6.45, 7) is 5.55. The van der Waals surface area contributed by atoms with E-state index in [4.69, 9.17) is 20.3 Å². The average Bonchev–Trinajstić information content (AvgIpc) is 3.14. The van der Waals surface area contributed by atoms with Crippen molar-refractivity contribution in [1.29, 1.82) is 0 Å². The van der Waals surface area contributed by atoms with Crippen molar-refractivity contribution in [2.24, 2.45) is 16.6 Å². The number of nitrogens with two attached hydrogens (primary N) is 1. The van der Waals surface area contributed by atoms with Gasteiger partial charge in [0.25, 0.3) is 0 Å². The largest absolute Gasteiger partial charge is 0.384 e. The molecule has 2 heterocycles. The van der Waals surface area contributed by atoms with Crippen LogP contribution in [0.1, 0.15) is 67.8 Å². The van der Waals surface area contributed by atoms with Gasteiger partial charge in [-0.2, -0.15) is 5.10 Å². The van der Waals surface area contributed by atoms with Gasteiger partial charge in [-0.15, -0.1) is 0 Å². The third-order valence-electron chi connectivity index (χ3n) is 9.09. The summed E-state index contributed by atoms with van der Waals surface area (Å²) in [4.78, 5) is 17.6. The maximum atomic E-state index is 14.1. The monoisotopic (exact) mass is 491 g/mol. The van der Waals surface area contributed by atoms with Crippen molar-refractivity contribution in [3.8, 4) is 0 Å². The summed E-state index contributed by atoms with van der Waals surface area (Å²) in [5, 5.41) is 5.06. The lowest BCUT2D eigenvalue weighted by atomic mass is 9.42. The Bertz CT molecular complexity index is 914. The summed E-state index contributed by atoms with van der Waals surface area (Å²) in [5.74, 6) is 0.557. The number of hydrogen-bond donors (Lipinski definition) is 1. The number of hydrogen-bond acceptors (Lipinski definition) is 6. The van der Waals surface area contributed by atoms with E-state index in [9.17, 15) is 9.18 Å². The molecular weight excluding hydrogens is 449 g/mol. The predicted molar refractivity (Wildman–Crippen MR) is 131 cm³/mol. The normalized spacial score (nSPS) is 29.6. The molecule has 6 rings (SSSR count). The van der Waals surface area contributed by atoms with E-state index in [1.54, 1.807) is 14.2 Å². The van der Waals surface area contributed by atoms with Gasteiger partial charge in [0.2, 0.25) is 5.91 Å². The third-order valence-corrected chi connectivity index (χ3v) is 9.09. The van der Waals surface area contributed by atoms with Gasteiger partial charge in [0.05, 0.1) is 43.1 Å². The van der Waals surface area contributed by atoms with E-state index in [-0.39, 0.29) is 11.3 Å². The van der Waals surface area contributed by atoms with Crippen molar-refractivity contribution < 1.29 is 18.7 Å². The van der Waals surface area contributed by atoms with Crippen LogP contribution in [0.5, 0.6) is 0 Å². The Morgan fingerprint density at radius 1 is 1.17 bits per heavy atom. The van der Waals surface area contributed by atoms with E-state index >= 15 is 0 Å². The molecule has 0 aromatic carbocycles. The zero-order valence-electron chi connectivity index (χ0n) is 21.7. The van der Waals surface area contributed by atoms with Crippen LogP contribution in [0.4, 0.5) is 4.39 Å². The van der Waals surface area contributed by atoms with E-state index in [0.29, 0.717) is 64.6 Å². The van der Waals surface area contributed by atoms with Crippen LogP contribution in [0.15, 0.2) is 0 Å². The first-order valence-corrected chi connectivity index (χ1v) is 13.2. The maximum Gasteiger partial charge on any atom is 0.229 e. The highest BCUT2D eigenvalue weighted by Gasteiger charge is 2.73. The fourth-order valence-corrected chi connectivity index (χ4v) is 7.40. The molecule has 8 nitrogen and oxygen atoms in total. The van der Waals surface area contributed by atoms with Gasteiger partial charge in [-0.3, -0.25) is 14.4 Å². The number of fused-ring (bicyclic) bond motifs is 1. The number of ether oxygens (including phenoxy) is 2. The quantitative estimate of drug-likeness (QED) is 0.541. The molecule has 4 fully saturated rings. The number of aromatic nitrogens is 2. The average molecular weight is 492 g/mol. The second kappa shape index (κ2) is 9.39. The second-order valence-corrected chi connectivity index (χ2v) is 11.9. The van der Waals surface area contributed by atoms with Crippen LogP contribution >= 0.6 is 0 Å². The molecule has 1 amide bonds. The molecule has 2 bridgehead atoms. The molecule has 2 N–H and O–H groups in total. The third kappa shape index (κ3) is 4.43. The first-order valence-electron chi connectivity index (χ1n) is 13.2. The summed E-state index contributed by atoms with van der Waals surface area (Å²) >= 11 is 0. The molecule has 1 aromatic heterocycles. The minimum Gasteiger partial charge on any atom is -0.384 e. The molecule has 1 aromatic rings. The molecule has 0 unspecified atom stereocenters. The minimum absolute atomic E-state index is 0.0677. The molecule has 1 aliphatic heterocycles. The molecule has 4 aliphatic carbocycles. The Balaban J connectivity index is 1.38. The first-order chi connectivity index (χ1) is 16.8. The summed E-state index contributed by atoms with van der Waals surface area (Å²) in [6, 6.07) is 0. The maximum absolute atomic E-state index is 14.1. The second-order valence-electron chi connectivity index (χ2n) is 11.9. The number of rotatable bonds is 10. The van der Waals surface area contributed by atoms with Crippen LogP contribution in [0, 0.1) is 10.8 Å². The molecular formula is C26H42FN5O3. The van der Waals surface area contributed by atoms with E-state index < -0.39 is 11.1 Å². The first kappa shape index (κ1) is 25.1. The van der Waals surface area contributed by atoms with Gasteiger partial charge >= 0.3 is 0 Å². The van der Waals surface area contributed by atoms with Crippen LogP contribution in [-0.2, 0) is 33.9 Å². The highest BCUT2D eigenvalue weighted by atomic mass is 19.1. The molecule has 0 radical (unpaired) electrons. The molecule has 0 saturated heterocycles. The van der Waals surface area contributed by atoms with Crippen LogP contribution in [0.3, 0.4) is 0 Å². The minimum atomic E-state index is -1.06. The van der Waals surface area contributed by atoms with Gasteiger partial charge in [-0.05, 0) is 57.9 Å². The molecule has 9 heteroatoms. The van der Waals surface area contributed by atoms with Crippen molar-refractivity contribution in [3.05, 3.63) is 17.0 Å². The fraction of sp³-hybridized carbons (Fsp3) is 0.846. The van der Waals surface area contributed by atoms with Crippen LogP contribution in [-0.4, -0.2) is 85.3 Å². The lowest BCUT2D eigenvalue weighted by molar-refractivity contribution is -0.223. The van der Waals surface area contributed by atoms with E-state index in [1.165, 1.54) is 11.3 Å². The van der Waals surface area contributed by atoms with Gasteiger partial charge in [0.15, 0.2) is 0 Å². The van der Waals surface area contributed by atoms with E-state index in [0.717, 1.165) is 44.5 Å². The van der Waals surface area contributed by atoms with Crippen molar-refractivity contribution in [2.75, 3.05) is 54.1 Å². The highest BCUT2D eigenvalue weighted by Crippen LogP contribution is 2.70. The van der Waals surface area contributed by atoms with Crippen molar-refractivity contribution >= 4 is 5.91 Å². The predicted octanol–water partition coefficient (Wildman–Crippen LogP) is 2.44. The molecule has 5 aliphatic rings. The fourth-order valence-electron chi connectivity index (χ4n) is 7.40. The zero-order valence-corrected chi connectivity index (χ0v) is 21.7. The molecule has 4 saturated carbocycles. The van der Waals surface area contributed by atoms with Crippen LogP contribution in [0.25, 0.3) is 0 Å². The van der Waals surface area contributed by atoms with Crippen molar-refractivity contribution in [1.82, 2.24) is 19.6 Å². The summed E-state index contributed by atoms with van der Waals surface area (Å²) in [5.41, 5.74) is 8.02. The number of amides is 1. The van der Waals surface area contributed by atoms with Gasteiger partial charge in [-0.1, -0.05) is 0 Å². The standard InChI is InChI=1S/C26H42FN5O3/c1-30(9-8-28)12-20-22(19-4-6-24(7-5-19,17-34-2)18-35-3)21-13-31(10-11-32(21)29-20)23(33)25-14-26(27,15-25)16-25/h19H,4-18,28H2,1-3H3. The van der Waals surface area contributed by atoms with Crippen LogP contribution in [0.2, 0.25) is 0 Å². The van der Waals surface area contributed by atoms with E-state index in [1.807, 2.05) is 4.90 Å². The summed E-state index contributed by atoms with van der Waals surface area (Å²) in [6.07, 6.45) is 5.46. The Morgan fingerprint density at radius 3 is 2.40 bits per heavy atom. The van der Waals surface area contributed by atoms with Gasteiger partial charge in [0, 0.05) is 51.4 Å². The Kier molecular flexibility index (Phi) is 6.74. The molecule has 0 atom stereocenters. The molecule has 0 spiro atoms. The van der Waals surface area contributed by atoms with Gasteiger partial charge < -0.3 is 20.1 Å². The van der Waals surface area contributed by atoms with Gasteiger partial charge in [-0.25, -0.2) is 4.39 Å². The lowest BCUT2D eigenvalue weighted by Gasteiger charge is -2.65. The number of alkyl halides is 1. The van der Waals surface area contributed by atoms with Crippen molar-refractivity contribution in [3.63, 3.8) is 0 Å². The Labute approximate surface area is 208 Å². The number of methoxy groups -OCH3 is 2.